The molecule has 1 saturated heterocycles. The van der Waals surface area contributed by atoms with E-state index in [1.54, 1.807) is 12.3 Å². The van der Waals surface area contributed by atoms with E-state index in [-0.39, 0.29) is 11.9 Å². The fourth-order valence-corrected chi connectivity index (χ4v) is 3.12. The number of hydrazone groups is 1. The lowest BCUT2D eigenvalue weighted by molar-refractivity contribution is 0.180. The molecule has 2 heterocycles. The van der Waals surface area contributed by atoms with Gasteiger partial charge in [0, 0.05) is 37.0 Å². The first-order valence-electron chi connectivity index (χ1n) is 7.32. The maximum absolute atomic E-state index is 13.8. The van der Waals surface area contributed by atoms with Gasteiger partial charge in [-0.3, -0.25) is 0 Å². The number of nitrogens with zero attached hydrogens (tertiary/aromatic N) is 4. The number of hydrogen-bond donors (Lipinski definition) is 1. The fourth-order valence-electron chi connectivity index (χ4n) is 2.76. The van der Waals surface area contributed by atoms with Crippen LogP contribution in [0.5, 0.6) is 0 Å². The highest BCUT2D eigenvalue weighted by Crippen LogP contribution is 2.38. The lowest BCUT2D eigenvalue weighted by atomic mass is 10.0. The van der Waals surface area contributed by atoms with E-state index in [9.17, 15) is 4.39 Å². The minimum atomic E-state index is -0.293. The standard InChI is InChI=1S/C15H19BrFN5/c1-4-19-22-9(2)11-5-12(16)13(17)6-14(11)20-15(22)21-7-10(8-21)18-3/h4-6,9-10,18H,7-8H2,1-3H3/b19-4-. The Labute approximate surface area is 138 Å². The van der Waals surface area contributed by atoms with Crippen molar-refractivity contribution < 1.29 is 4.39 Å². The summed E-state index contributed by atoms with van der Waals surface area (Å²) >= 11 is 3.25. The lowest BCUT2D eigenvalue weighted by Crippen LogP contribution is -2.62. The van der Waals surface area contributed by atoms with Crippen LogP contribution in [0.2, 0.25) is 0 Å². The van der Waals surface area contributed by atoms with Crippen LogP contribution >= 0.6 is 15.9 Å². The topological polar surface area (TPSA) is 43.2 Å². The minimum Gasteiger partial charge on any atom is -0.338 e. The molecule has 3 rings (SSSR count). The fraction of sp³-hybridized carbons (Fsp3) is 0.467. The maximum Gasteiger partial charge on any atom is 0.223 e. The van der Waals surface area contributed by atoms with Gasteiger partial charge in [0.2, 0.25) is 5.96 Å². The van der Waals surface area contributed by atoms with Gasteiger partial charge in [0.15, 0.2) is 0 Å². The molecule has 0 spiro atoms. The number of hydrogen-bond acceptors (Lipinski definition) is 5. The van der Waals surface area contributed by atoms with Gasteiger partial charge in [-0.1, -0.05) is 0 Å². The molecule has 2 aliphatic heterocycles. The van der Waals surface area contributed by atoms with Gasteiger partial charge in [-0.2, -0.15) is 5.10 Å². The number of halogens is 2. The summed E-state index contributed by atoms with van der Waals surface area (Å²) in [5.41, 5.74) is 1.65. The smallest absolute Gasteiger partial charge is 0.223 e. The van der Waals surface area contributed by atoms with Gasteiger partial charge in [0.25, 0.3) is 0 Å². The summed E-state index contributed by atoms with van der Waals surface area (Å²) in [4.78, 5) is 6.81. The van der Waals surface area contributed by atoms with Gasteiger partial charge >= 0.3 is 0 Å². The van der Waals surface area contributed by atoms with Crippen molar-refractivity contribution in [3.05, 3.63) is 28.0 Å². The molecule has 1 fully saturated rings. The molecule has 118 valence electrons. The molecule has 0 radical (unpaired) electrons. The molecule has 0 bridgehead atoms. The van der Waals surface area contributed by atoms with E-state index in [4.69, 9.17) is 0 Å². The van der Waals surface area contributed by atoms with E-state index in [0.29, 0.717) is 16.2 Å². The third-order valence-corrected chi connectivity index (χ3v) is 4.73. The van der Waals surface area contributed by atoms with Gasteiger partial charge in [-0.05, 0) is 42.9 Å². The monoisotopic (exact) mass is 367 g/mol. The summed E-state index contributed by atoms with van der Waals surface area (Å²) in [6.45, 7) is 5.70. The van der Waals surface area contributed by atoms with E-state index in [1.807, 2.05) is 19.0 Å². The van der Waals surface area contributed by atoms with Gasteiger partial charge in [-0.15, -0.1) is 0 Å². The molecule has 2 aliphatic rings. The van der Waals surface area contributed by atoms with Crippen molar-refractivity contribution in [1.82, 2.24) is 15.2 Å². The number of likely N-dealkylation sites (tertiary alicyclic amines) is 1. The van der Waals surface area contributed by atoms with Gasteiger partial charge in [-0.25, -0.2) is 14.4 Å². The number of guanidine groups is 1. The van der Waals surface area contributed by atoms with Crippen molar-refractivity contribution in [1.29, 1.82) is 0 Å². The van der Waals surface area contributed by atoms with E-state index in [0.717, 1.165) is 24.6 Å². The second kappa shape index (κ2) is 5.96. The quantitative estimate of drug-likeness (QED) is 0.817. The Kier molecular flexibility index (Phi) is 4.18. The Morgan fingerprint density at radius 3 is 2.82 bits per heavy atom. The molecule has 0 aliphatic carbocycles. The third kappa shape index (κ3) is 2.52. The van der Waals surface area contributed by atoms with Crippen LogP contribution in [-0.4, -0.2) is 48.3 Å². The number of aliphatic imine (C=N–C) groups is 1. The van der Waals surface area contributed by atoms with Crippen LogP contribution in [0, 0.1) is 5.82 Å². The predicted octanol–water partition coefficient (Wildman–Crippen LogP) is 2.86. The first kappa shape index (κ1) is 15.4. The molecule has 7 heteroatoms. The normalized spacial score (nSPS) is 21.9. The van der Waals surface area contributed by atoms with Crippen LogP contribution in [-0.2, 0) is 0 Å². The van der Waals surface area contributed by atoms with Gasteiger partial charge in [0.05, 0.1) is 16.2 Å². The molecule has 1 N–H and O–H groups in total. The van der Waals surface area contributed by atoms with Crippen molar-refractivity contribution >= 4 is 33.8 Å². The predicted molar refractivity (Wildman–Crippen MR) is 90.0 cm³/mol. The Balaban J connectivity index is 2.01. The van der Waals surface area contributed by atoms with Crippen molar-refractivity contribution in [2.24, 2.45) is 10.1 Å². The van der Waals surface area contributed by atoms with Crippen molar-refractivity contribution in [2.75, 3.05) is 20.1 Å². The zero-order chi connectivity index (χ0) is 15.9. The van der Waals surface area contributed by atoms with Crippen LogP contribution in [0.3, 0.4) is 0 Å². The molecular weight excluding hydrogens is 349 g/mol. The molecule has 22 heavy (non-hydrogen) atoms. The largest absolute Gasteiger partial charge is 0.338 e. The van der Waals surface area contributed by atoms with E-state index < -0.39 is 0 Å². The van der Waals surface area contributed by atoms with E-state index >= 15 is 0 Å². The molecule has 0 aromatic heterocycles. The highest BCUT2D eigenvalue weighted by molar-refractivity contribution is 9.10. The summed E-state index contributed by atoms with van der Waals surface area (Å²) in [5.74, 6) is 0.490. The van der Waals surface area contributed by atoms with E-state index in [1.165, 1.54) is 6.07 Å². The van der Waals surface area contributed by atoms with Crippen LogP contribution in [0.15, 0.2) is 26.7 Å². The molecule has 0 amide bonds. The summed E-state index contributed by atoms with van der Waals surface area (Å²) in [7, 11) is 1.96. The molecule has 5 nitrogen and oxygen atoms in total. The molecule has 0 saturated carbocycles. The average molecular weight is 368 g/mol. The number of likely N-dealkylation sites (N-methyl/N-ethyl adjacent to an activating group) is 1. The maximum atomic E-state index is 13.8. The summed E-state index contributed by atoms with van der Waals surface area (Å²) in [6, 6.07) is 3.75. The Morgan fingerprint density at radius 2 is 2.18 bits per heavy atom. The Morgan fingerprint density at radius 1 is 1.45 bits per heavy atom. The number of nitrogens with one attached hydrogen (secondary N) is 1. The average Bonchev–Trinajstić information content (AvgIpc) is 2.44. The molecule has 1 aromatic carbocycles. The van der Waals surface area contributed by atoms with Crippen LogP contribution in [0.1, 0.15) is 25.5 Å². The lowest BCUT2D eigenvalue weighted by Gasteiger charge is -2.45. The Bertz CT molecular complexity index is 639. The van der Waals surface area contributed by atoms with Crippen molar-refractivity contribution in [3.63, 3.8) is 0 Å². The summed E-state index contributed by atoms with van der Waals surface area (Å²) in [6.07, 6.45) is 1.75. The molecule has 1 atom stereocenters. The van der Waals surface area contributed by atoms with Crippen LogP contribution < -0.4 is 5.32 Å². The molecular formula is C15H19BrFN5. The molecule has 1 aromatic rings. The second-order valence-corrected chi connectivity index (χ2v) is 6.38. The summed E-state index contributed by atoms with van der Waals surface area (Å²) in [5, 5.41) is 9.60. The summed E-state index contributed by atoms with van der Waals surface area (Å²) < 4.78 is 14.3. The van der Waals surface area contributed by atoms with Gasteiger partial charge < -0.3 is 10.2 Å². The van der Waals surface area contributed by atoms with Gasteiger partial charge in [0.1, 0.15) is 5.82 Å². The van der Waals surface area contributed by atoms with Crippen molar-refractivity contribution in [2.45, 2.75) is 25.9 Å². The zero-order valence-electron chi connectivity index (χ0n) is 12.8. The van der Waals surface area contributed by atoms with Crippen LogP contribution in [0.25, 0.3) is 0 Å². The second-order valence-electron chi connectivity index (χ2n) is 5.52. The first-order valence-corrected chi connectivity index (χ1v) is 8.12. The number of fused-ring (bicyclic) bond motifs is 1. The van der Waals surface area contributed by atoms with E-state index in [2.05, 4.69) is 43.2 Å². The highest BCUT2D eigenvalue weighted by atomic mass is 79.9. The first-order chi connectivity index (χ1) is 10.5. The SMILES string of the molecule is C/C=N\N1C(N2CC(NC)C2)=Nc2cc(F)c(Br)cc2C1C. The van der Waals surface area contributed by atoms with Crippen LogP contribution in [0.4, 0.5) is 10.1 Å². The Hall–Kier alpha value is -1.47. The molecule has 1 unspecified atom stereocenters. The highest BCUT2D eigenvalue weighted by Gasteiger charge is 2.36. The van der Waals surface area contributed by atoms with Crippen molar-refractivity contribution in [3.8, 4) is 0 Å². The zero-order valence-corrected chi connectivity index (χ0v) is 14.4. The number of rotatable bonds is 2. The number of benzene rings is 1. The third-order valence-electron chi connectivity index (χ3n) is 4.12. The minimum absolute atomic E-state index is 0.00392.